The van der Waals surface area contributed by atoms with E-state index < -0.39 is 12.3 Å². The van der Waals surface area contributed by atoms with Crippen molar-refractivity contribution in [2.24, 2.45) is 0 Å². The molecule has 0 radical (unpaired) electrons. The first-order valence-electron chi connectivity index (χ1n) is 13.3. The highest BCUT2D eigenvalue weighted by Gasteiger charge is 2.26. The fraction of sp³-hybridized carbons (Fsp3) is 0.310. The normalized spacial score (nSPS) is 14.6. The first-order valence-corrected chi connectivity index (χ1v) is 13.3. The standard InChI is InChI=1S/C29H31N7O4/c1-4-6-11-25-23(27(37)36(18(3)33-25)28-31-16-20(17-32-28)39-5-2)14-19-12-13-24(30-15-19)21-9-7-8-10-22(21)26-34-29(38)40-35-26/h7-10,12-13,15-17,26,35H,4-6,11,14H2,1-3H3,(H,34,38). The Morgan fingerprint density at radius 1 is 1.02 bits per heavy atom. The molecule has 2 N–H and O–H groups in total. The summed E-state index contributed by atoms with van der Waals surface area (Å²) in [6, 6.07) is 11.5. The molecule has 1 unspecified atom stereocenters. The number of ether oxygens (including phenoxy) is 1. The van der Waals surface area contributed by atoms with E-state index in [9.17, 15) is 9.59 Å². The van der Waals surface area contributed by atoms with Crippen molar-refractivity contribution in [1.82, 2.24) is 35.3 Å². The third kappa shape index (κ3) is 5.69. The van der Waals surface area contributed by atoms with E-state index >= 15 is 0 Å². The van der Waals surface area contributed by atoms with E-state index in [-0.39, 0.29) is 11.5 Å². The molecule has 11 heteroatoms. The van der Waals surface area contributed by atoms with Crippen LogP contribution in [0.25, 0.3) is 17.2 Å². The van der Waals surface area contributed by atoms with Crippen LogP contribution < -0.4 is 21.1 Å². The number of rotatable bonds is 10. The maximum absolute atomic E-state index is 13.8. The minimum Gasteiger partial charge on any atom is -0.491 e. The Balaban J connectivity index is 1.47. The molecule has 1 fully saturated rings. The Labute approximate surface area is 231 Å². The van der Waals surface area contributed by atoms with E-state index in [0.29, 0.717) is 36.6 Å². The Bertz CT molecular complexity index is 1550. The van der Waals surface area contributed by atoms with Gasteiger partial charge in [0, 0.05) is 29.3 Å². The number of benzene rings is 1. The van der Waals surface area contributed by atoms with Crippen molar-refractivity contribution in [3.8, 4) is 23.0 Å². The summed E-state index contributed by atoms with van der Waals surface area (Å²) in [7, 11) is 0. The van der Waals surface area contributed by atoms with E-state index in [2.05, 4.69) is 27.7 Å². The van der Waals surface area contributed by atoms with Gasteiger partial charge in [0.05, 0.1) is 30.4 Å². The van der Waals surface area contributed by atoms with E-state index in [4.69, 9.17) is 19.5 Å². The van der Waals surface area contributed by atoms with Crippen LogP contribution in [0.15, 0.2) is 59.8 Å². The van der Waals surface area contributed by atoms with Gasteiger partial charge in [-0.2, -0.15) is 0 Å². The molecule has 1 amide bonds. The van der Waals surface area contributed by atoms with Crippen LogP contribution in [-0.2, 0) is 17.7 Å². The van der Waals surface area contributed by atoms with Gasteiger partial charge in [-0.1, -0.05) is 43.7 Å². The van der Waals surface area contributed by atoms with Crippen LogP contribution in [0.2, 0.25) is 0 Å². The predicted molar refractivity (Wildman–Crippen MR) is 148 cm³/mol. The number of hydrogen-bond donors (Lipinski definition) is 2. The molecule has 206 valence electrons. The number of nitrogens with zero attached hydrogens (tertiary/aromatic N) is 5. The summed E-state index contributed by atoms with van der Waals surface area (Å²) in [6.45, 7) is 6.29. The fourth-order valence-corrected chi connectivity index (χ4v) is 4.65. The summed E-state index contributed by atoms with van der Waals surface area (Å²) in [5, 5.41) is 2.72. The number of carbonyl (C=O) groups is 1. The second-order valence-corrected chi connectivity index (χ2v) is 9.38. The third-order valence-electron chi connectivity index (χ3n) is 6.61. The monoisotopic (exact) mass is 541 g/mol. The molecule has 5 rings (SSSR count). The third-order valence-corrected chi connectivity index (χ3v) is 6.61. The maximum Gasteiger partial charge on any atom is 0.427 e. The van der Waals surface area contributed by atoms with Gasteiger partial charge in [-0.3, -0.25) is 15.1 Å². The molecule has 1 atom stereocenters. The molecule has 1 aliphatic heterocycles. The zero-order valence-electron chi connectivity index (χ0n) is 22.7. The smallest absolute Gasteiger partial charge is 0.427 e. The number of amides is 1. The molecule has 11 nitrogen and oxygen atoms in total. The van der Waals surface area contributed by atoms with Crippen molar-refractivity contribution in [2.45, 2.75) is 52.6 Å². The lowest BCUT2D eigenvalue weighted by Crippen LogP contribution is -2.29. The fourth-order valence-electron chi connectivity index (χ4n) is 4.65. The topological polar surface area (TPSA) is 133 Å². The molecule has 0 spiro atoms. The van der Waals surface area contributed by atoms with Crippen LogP contribution in [0.1, 0.15) is 61.1 Å². The second-order valence-electron chi connectivity index (χ2n) is 9.38. The Morgan fingerprint density at radius 3 is 2.50 bits per heavy atom. The molecule has 1 aliphatic rings. The Hall–Kier alpha value is -4.64. The van der Waals surface area contributed by atoms with Crippen molar-refractivity contribution >= 4 is 6.09 Å². The lowest BCUT2D eigenvalue weighted by Gasteiger charge is -2.15. The van der Waals surface area contributed by atoms with Gasteiger partial charge in [0.2, 0.25) is 5.95 Å². The molecule has 40 heavy (non-hydrogen) atoms. The van der Waals surface area contributed by atoms with E-state index in [1.807, 2.05) is 43.3 Å². The highest BCUT2D eigenvalue weighted by Crippen LogP contribution is 2.27. The van der Waals surface area contributed by atoms with Gasteiger partial charge in [0.25, 0.3) is 5.56 Å². The summed E-state index contributed by atoms with van der Waals surface area (Å²) in [5.74, 6) is 1.32. The number of nitrogens with one attached hydrogen (secondary N) is 2. The lowest BCUT2D eigenvalue weighted by atomic mass is 9.99. The number of aromatic nitrogens is 5. The zero-order valence-corrected chi connectivity index (χ0v) is 22.7. The predicted octanol–water partition coefficient (Wildman–Crippen LogP) is 3.97. The molecule has 1 saturated heterocycles. The van der Waals surface area contributed by atoms with Crippen LogP contribution in [0, 0.1) is 6.92 Å². The molecule has 0 saturated carbocycles. The summed E-state index contributed by atoms with van der Waals surface area (Å²) in [6.07, 6.45) is 6.85. The van der Waals surface area contributed by atoms with Gasteiger partial charge in [0.15, 0.2) is 5.75 Å². The second kappa shape index (κ2) is 12.0. The summed E-state index contributed by atoms with van der Waals surface area (Å²) >= 11 is 0. The summed E-state index contributed by atoms with van der Waals surface area (Å²) < 4.78 is 6.89. The number of hydroxylamine groups is 1. The molecule has 4 aromatic rings. The van der Waals surface area contributed by atoms with Gasteiger partial charge in [0.1, 0.15) is 12.0 Å². The summed E-state index contributed by atoms with van der Waals surface area (Å²) in [5.41, 5.74) is 7.16. The number of pyridine rings is 1. The van der Waals surface area contributed by atoms with Crippen molar-refractivity contribution in [3.63, 3.8) is 0 Å². The molecule has 0 bridgehead atoms. The average molecular weight is 542 g/mol. The zero-order chi connectivity index (χ0) is 28.1. The Kier molecular flexibility index (Phi) is 8.11. The molecule has 4 heterocycles. The van der Waals surface area contributed by atoms with Crippen molar-refractivity contribution in [1.29, 1.82) is 0 Å². The van der Waals surface area contributed by atoms with Crippen LogP contribution in [-0.4, -0.2) is 37.2 Å². The number of carbonyl (C=O) groups excluding carboxylic acids is 1. The number of aryl methyl sites for hydroxylation is 2. The van der Waals surface area contributed by atoms with E-state index in [1.54, 1.807) is 25.5 Å². The highest BCUT2D eigenvalue weighted by molar-refractivity contribution is 5.71. The van der Waals surface area contributed by atoms with Crippen molar-refractivity contribution in [3.05, 3.63) is 93.6 Å². The SMILES string of the molecule is CCCCc1nc(C)n(-c2ncc(OCC)cn2)c(=O)c1Cc1ccc(-c2ccccc2C2NOC(=O)N2)nc1. The van der Waals surface area contributed by atoms with Crippen molar-refractivity contribution in [2.75, 3.05) is 6.61 Å². The quantitative estimate of drug-likeness (QED) is 0.306. The van der Waals surface area contributed by atoms with Gasteiger partial charge in [-0.05, 0) is 38.3 Å². The first-order chi connectivity index (χ1) is 19.5. The number of unbranched alkanes of at least 4 members (excludes halogenated alkanes) is 1. The van der Waals surface area contributed by atoms with Crippen LogP contribution in [0.5, 0.6) is 5.75 Å². The Morgan fingerprint density at radius 2 is 1.82 bits per heavy atom. The number of hydrogen-bond acceptors (Lipinski definition) is 9. The minimum atomic E-state index is -0.532. The molecule has 1 aromatic carbocycles. The van der Waals surface area contributed by atoms with Gasteiger partial charge >= 0.3 is 6.09 Å². The molecule has 3 aromatic heterocycles. The maximum atomic E-state index is 13.8. The molecular formula is C29H31N7O4. The first kappa shape index (κ1) is 26.9. The minimum absolute atomic E-state index is 0.194. The average Bonchev–Trinajstić information content (AvgIpc) is 3.41. The molecule has 0 aliphatic carbocycles. The van der Waals surface area contributed by atoms with E-state index in [1.165, 1.54) is 4.57 Å². The van der Waals surface area contributed by atoms with Gasteiger partial charge < -0.3 is 9.57 Å². The highest BCUT2D eigenvalue weighted by atomic mass is 16.7. The largest absolute Gasteiger partial charge is 0.491 e. The summed E-state index contributed by atoms with van der Waals surface area (Å²) in [4.78, 5) is 48.4. The van der Waals surface area contributed by atoms with Crippen LogP contribution in [0.3, 0.4) is 0 Å². The van der Waals surface area contributed by atoms with Gasteiger partial charge in [-0.15, -0.1) is 5.48 Å². The van der Waals surface area contributed by atoms with Crippen LogP contribution in [0.4, 0.5) is 4.79 Å². The van der Waals surface area contributed by atoms with E-state index in [0.717, 1.165) is 40.9 Å². The van der Waals surface area contributed by atoms with Crippen LogP contribution >= 0.6 is 0 Å². The van der Waals surface area contributed by atoms with Gasteiger partial charge in [-0.25, -0.2) is 24.3 Å². The lowest BCUT2D eigenvalue weighted by molar-refractivity contribution is 0.122. The molecular weight excluding hydrogens is 510 g/mol. The van der Waals surface area contributed by atoms with Crippen molar-refractivity contribution < 1.29 is 14.4 Å².